The third-order valence-electron chi connectivity index (χ3n) is 4.76. The largest absolute Gasteiger partial charge is 0.416 e. The van der Waals surface area contributed by atoms with Crippen molar-refractivity contribution < 1.29 is 35.2 Å². The number of hydrogen-bond acceptors (Lipinski definition) is 3. The number of nitrogens with zero attached hydrogens (tertiary/aromatic N) is 2. The summed E-state index contributed by atoms with van der Waals surface area (Å²) < 4.78 is 91.6. The van der Waals surface area contributed by atoms with Gasteiger partial charge in [-0.2, -0.15) is 17.5 Å². The van der Waals surface area contributed by atoms with E-state index in [1.54, 1.807) is 0 Å². The number of rotatable bonds is 4. The summed E-state index contributed by atoms with van der Waals surface area (Å²) in [7, 11) is -4.03. The molecule has 0 spiro atoms. The second-order valence-electron chi connectivity index (χ2n) is 6.72. The van der Waals surface area contributed by atoms with Gasteiger partial charge in [0.25, 0.3) is 0 Å². The molecule has 5 nitrogen and oxygen atoms in total. The predicted molar refractivity (Wildman–Crippen MR) is 102 cm³/mol. The van der Waals surface area contributed by atoms with Crippen LogP contribution in [0.3, 0.4) is 0 Å². The first-order valence-corrected chi connectivity index (χ1v) is 10.5. The van der Waals surface area contributed by atoms with Crippen LogP contribution in [-0.4, -0.2) is 49.7 Å². The molecule has 0 radical (unpaired) electrons. The van der Waals surface area contributed by atoms with Gasteiger partial charge in [-0.1, -0.05) is 6.07 Å². The fourth-order valence-corrected chi connectivity index (χ4v) is 4.47. The molecule has 0 bridgehead atoms. The third-order valence-corrected chi connectivity index (χ3v) is 6.67. The first-order valence-electron chi connectivity index (χ1n) is 9.08. The lowest BCUT2D eigenvalue weighted by atomic mass is 10.2. The molecule has 11 heteroatoms. The van der Waals surface area contributed by atoms with Gasteiger partial charge in [-0.05, 0) is 42.5 Å². The quantitative estimate of drug-likeness (QED) is 0.518. The maximum atomic E-state index is 13.6. The molecule has 1 aliphatic heterocycles. The Morgan fingerprint density at radius 2 is 1.45 bits per heavy atom. The van der Waals surface area contributed by atoms with Crippen LogP contribution in [0.5, 0.6) is 0 Å². The summed E-state index contributed by atoms with van der Waals surface area (Å²) in [5, 5.41) is 0. The monoisotopic (exact) mass is 460 g/mol. The molecule has 0 aliphatic carbocycles. The molecular formula is C20H17F5N2O3S. The molecule has 166 valence electrons. The van der Waals surface area contributed by atoms with Crippen molar-refractivity contribution in [1.82, 2.24) is 9.21 Å². The van der Waals surface area contributed by atoms with Crippen molar-refractivity contribution in [3.8, 4) is 0 Å². The summed E-state index contributed by atoms with van der Waals surface area (Å²) in [4.78, 5) is 13.3. The van der Waals surface area contributed by atoms with Gasteiger partial charge >= 0.3 is 6.18 Å². The molecule has 0 aromatic heterocycles. The molecular weight excluding hydrogens is 443 g/mol. The van der Waals surface area contributed by atoms with E-state index in [4.69, 9.17) is 0 Å². The Morgan fingerprint density at radius 1 is 0.903 bits per heavy atom. The number of hydrogen-bond donors (Lipinski definition) is 0. The van der Waals surface area contributed by atoms with E-state index in [1.807, 2.05) is 0 Å². The smallest absolute Gasteiger partial charge is 0.337 e. The Hall–Kier alpha value is -2.79. The molecule has 31 heavy (non-hydrogen) atoms. The van der Waals surface area contributed by atoms with Crippen molar-refractivity contribution in [1.29, 1.82) is 0 Å². The van der Waals surface area contributed by atoms with Gasteiger partial charge in [-0.25, -0.2) is 17.2 Å². The highest BCUT2D eigenvalue weighted by atomic mass is 32.2. The van der Waals surface area contributed by atoms with Gasteiger partial charge in [0.05, 0.1) is 10.5 Å². The van der Waals surface area contributed by atoms with Crippen molar-refractivity contribution in [2.45, 2.75) is 11.1 Å². The summed E-state index contributed by atoms with van der Waals surface area (Å²) in [5.41, 5.74) is -1.32. The van der Waals surface area contributed by atoms with Crippen molar-refractivity contribution >= 4 is 22.0 Å². The predicted octanol–water partition coefficient (Wildman–Crippen LogP) is 3.53. The highest BCUT2D eigenvalue weighted by Crippen LogP contribution is 2.30. The van der Waals surface area contributed by atoms with E-state index < -0.39 is 39.3 Å². The Bertz CT molecular complexity index is 1070. The minimum absolute atomic E-state index is 0.0167. The molecule has 0 unspecified atom stereocenters. The van der Waals surface area contributed by atoms with E-state index >= 15 is 0 Å². The molecule has 1 aliphatic rings. The van der Waals surface area contributed by atoms with E-state index in [2.05, 4.69) is 0 Å². The fraction of sp³-hybridized carbons (Fsp3) is 0.250. The summed E-state index contributed by atoms with van der Waals surface area (Å²) in [6.07, 6.45) is -2.56. The number of halogens is 5. The van der Waals surface area contributed by atoms with Crippen molar-refractivity contribution in [2.75, 3.05) is 26.2 Å². The summed E-state index contributed by atoms with van der Waals surface area (Å²) in [6, 6.07) is 6.47. The fourth-order valence-electron chi connectivity index (χ4n) is 3.04. The number of alkyl halides is 3. The molecule has 0 N–H and O–H groups in total. The van der Waals surface area contributed by atoms with E-state index in [0.29, 0.717) is 12.1 Å². The van der Waals surface area contributed by atoms with E-state index in [9.17, 15) is 35.2 Å². The average Bonchev–Trinajstić information content (AvgIpc) is 2.73. The second-order valence-corrected chi connectivity index (χ2v) is 8.66. The molecule has 2 aromatic rings. The average molecular weight is 460 g/mol. The van der Waals surface area contributed by atoms with Crippen LogP contribution in [0.1, 0.15) is 11.1 Å². The number of benzene rings is 2. The Balaban J connectivity index is 1.64. The highest BCUT2D eigenvalue weighted by molar-refractivity contribution is 7.89. The normalized spacial score (nSPS) is 16.1. The van der Waals surface area contributed by atoms with Gasteiger partial charge in [0.2, 0.25) is 15.9 Å². The number of carbonyl (C=O) groups excluding carboxylic acids is 1. The van der Waals surface area contributed by atoms with E-state index in [1.165, 1.54) is 11.0 Å². The minimum atomic E-state index is -4.58. The van der Waals surface area contributed by atoms with Crippen LogP contribution in [0.4, 0.5) is 22.0 Å². The van der Waals surface area contributed by atoms with Crippen LogP contribution >= 0.6 is 0 Å². The lowest BCUT2D eigenvalue weighted by molar-refractivity contribution is -0.137. The summed E-state index contributed by atoms with van der Waals surface area (Å²) in [6.45, 7) is -0.112. The zero-order chi connectivity index (χ0) is 22.8. The molecule has 0 atom stereocenters. The van der Waals surface area contributed by atoms with Gasteiger partial charge in [0, 0.05) is 37.8 Å². The van der Waals surface area contributed by atoms with Crippen LogP contribution in [0, 0.1) is 11.6 Å². The maximum absolute atomic E-state index is 13.6. The van der Waals surface area contributed by atoms with E-state index in [0.717, 1.165) is 40.7 Å². The van der Waals surface area contributed by atoms with Crippen molar-refractivity contribution in [3.05, 3.63) is 71.3 Å². The molecule has 1 saturated heterocycles. The number of sulfonamides is 1. The second kappa shape index (κ2) is 8.75. The maximum Gasteiger partial charge on any atom is 0.416 e. The lowest BCUT2D eigenvalue weighted by Crippen LogP contribution is -2.50. The highest BCUT2D eigenvalue weighted by Gasteiger charge is 2.33. The molecule has 3 rings (SSSR count). The molecule has 2 aromatic carbocycles. The number of carbonyl (C=O) groups is 1. The summed E-state index contributed by atoms with van der Waals surface area (Å²) in [5.74, 6) is -2.19. The molecule has 1 heterocycles. The summed E-state index contributed by atoms with van der Waals surface area (Å²) >= 11 is 0. The zero-order valence-corrected chi connectivity index (χ0v) is 16.8. The molecule has 1 fully saturated rings. The van der Waals surface area contributed by atoms with Gasteiger partial charge in [0.15, 0.2) is 0 Å². The number of amides is 1. The van der Waals surface area contributed by atoms with E-state index in [-0.39, 0.29) is 36.6 Å². The van der Waals surface area contributed by atoms with Crippen LogP contribution in [0.2, 0.25) is 0 Å². The topological polar surface area (TPSA) is 57.7 Å². The third kappa shape index (κ3) is 5.10. The van der Waals surface area contributed by atoms with Crippen molar-refractivity contribution in [2.24, 2.45) is 0 Å². The lowest BCUT2D eigenvalue weighted by Gasteiger charge is -2.33. The Kier molecular flexibility index (Phi) is 6.46. The van der Waals surface area contributed by atoms with Crippen LogP contribution < -0.4 is 0 Å². The Morgan fingerprint density at radius 3 is 1.97 bits per heavy atom. The van der Waals surface area contributed by atoms with Crippen LogP contribution in [-0.2, 0) is 21.0 Å². The molecule has 1 amide bonds. The minimum Gasteiger partial charge on any atom is -0.337 e. The van der Waals surface area contributed by atoms with Crippen LogP contribution in [0.25, 0.3) is 6.08 Å². The standard InChI is InChI=1S/C20H17F5N2O3S/c21-17-2-1-3-18(22)16(17)8-9-19(28)26-10-12-27(13-11-26)31(29,30)15-6-4-14(5-7-15)20(23,24)25/h1-9H,10-13H2/b9-8+. The van der Waals surface area contributed by atoms with Crippen molar-refractivity contribution in [3.63, 3.8) is 0 Å². The van der Waals surface area contributed by atoms with Gasteiger partial charge in [-0.15, -0.1) is 0 Å². The van der Waals surface area contributed by atoms with Gasteiger partial charge in [-0.3, -0.25) is 4.79 Å². The van der Waals surface area contributed by atoms with Crippen LogP contribution in [0.15, 0.2) is 53.4 Å². The zero-order valence-electron chi connectivity index (χ0n) is 15.9. The van der Waals surface area contributed by atoms with Gasteiger partial charge < -0.3 is 4.90 Å². The number of piperazine rings is 1. The van der Waals surface area contributed by atoms with Gasteiger partial charge in [0.1, 0.15) is 11.6 Å². The first kappa shape index (κ1) is 22.9. The SMILES string of the molecule is O=C(/C=C/c1c(F)cccc1F)N1CCN(S(=O)(=O)c2ccc(C(F)(F)F)cc2)CC1. The molecule has 0 saturated carbocycles. The Labute approximate surface area is 175 Å². The first-order chi connectivity index (χ1) is 14.5.